The number of fused-ring (bicyclic) bond motifs is 3. The van der Waals surface area contributed by atoms with E-state index in [1.54, 1.807) is 11.0 Å². The SMILES string of the molecule is C=CCOC12Oc3ccc(OCCN4CC4)cc3C3C(CCCCO)C(CCCCO)C=C(C(=NOC4CCCCO4)CC1N(Cc1ccc4c(c1)OCO4)C(=O)OCCCl)C32. The van der Waals surface area contributed by atoms with Crippen molar-refractivity contribution in [2.24, 2.45) is 22.9 Å². The molecule has 0 aromatic heterocycles. The number of unbranched alkanes of at least 4 members (excludes halogenated alkanes) is 2. The van der Waals surface area contributed by atoms with Crippen LogP contribution >= 0.6 is 11.6 Å². The minimum Gasteiger partial charge on any atom is -0.492 e. The van der Waals surface area contributed by atoms with E-state index in [0.717, 1.165) is 80.6 Å². The van der Waals surface area contributed by atoms with Crippen molar-refractivity contribution in [3.8, 4) is 23.0 Å². The molecule has 0 radical (unpaired) electrons. The van der Waals surface area contributed by atoms with Crippen LogP contribution in [0.25, 0.3) is 0 Å². The van der Waals surface area contributed by atoms with Crippen molar-refractivity contribution in [1.82, 2.24) is 9.80 Å². The van der Waals surface area contributed by atoms with Crippen LogP contribution in [0.4, 0.5) is 4.79 Å². The molecule has 3 fully saturated rings. The topological polar surface area (TPSA) is 150 Å². The molecule has 338 valence electrons. The van der Waals surface area contributed by atoms with Crippen LogP contribution in [0.3, 0.4) is 0 Å². The summed E-state index contributed by atoms with van der Waals surface area (Å²) in [6.45, 7) is 8.80. The van der Waals surface area contributed by atoms with Crippen LogP contribution in [0, 0.1) is 17.8 Å². The first-order chi connectivity index (χ1) is 30.5. The lowest BCUT2D eigenvalue weighted by molar-refractivity contribution is -0.256. The van der Waals surface area contributed by atoms with E-state index < -0.39 is 30.1 Å². The van der Waals surface area contributed by atoms with Crippen molar-refractivity contribution in [1.29, 1.82) is 0 Å². The second-order valence-electron chi connectivity index (χ2n) is 17.0. The number of aliphatic hydroxyl groups is 2. The number of nitrogens with zero attached hydrogens (tertiary/aromatic N) is 3. The van der Waals surface area contributed by atoms with Crippen molar-refractivity contribution >= 4 is 23.4 Å². The maximum Gasteiger partial charge on any atom is 0.410 e. The highest BCUT2D eigenvalue weighted by molar-refractivity contribution is 6.18. The number of ether oxygens (including phenoxy) is 7. The first kappa shape index (κ1) is 44.6. The Hall–Kier alpha value is -4.05. The van der Waals surface area contributed by atoms with Gasteiger partial charge in [-0.1, -0.05) is 36.2 Å². The van der Waals surface area contributed by atoms with Gasteiger partial charge in [0.05, 0.1) is 30.7 Å². The molecule has 4 heterocycles. The first-order valence-corrected chi connectivity index (χ1v) is 23.1. The highest BCUT2D eigenvalue weighted by Gasteiger charge is 2.66. The highest BCUT2D eigenvalue weighted by Crippen LogP contribution is 2.62. The van der Waals surface area contributed by atoms with E-state index in [0.29, 0.717) is 55.4 Å². The molecule has 2 aromatic carbocycles. The summed E-state index contributed by atoms with van der Waals surface area (Å²) in [4.78, 5) is 25.0. The summed E-state index contributed by atoms with van der Waals surface area (Å²) < 4.78 is 44.2. The van der Waals surface area contributed by atoms with Gasteiger partial charge in [0.2, 0.25) is 18.9 Å². The number of hydrogen-bond acceptors (Lipinski definition) is 13. The average molecular weight is 880 g/mol. The van der Waals surface area contributed by atoms with Gasteiger partial charge in [-0.2, -0.15) is 0 Å². The van der Waals surface area contributed by atoms with Crippen LogP contribution in [-0.4, -0.2) is 122 Å². The Morgan fingerprint density at radius 1 is 1.02 bits per heavy atom. The molecule has 2 aromatic rings. The standard InChI is InChI=1S/C47H62ClN3O11/c1-2-22-60-47-42(51(46(54)57-24-16-48)30-32-12-14-40-41(26-32)59-31-58-40)29-38(49-62-43-11-5-8-23-56-43)36-27-33(9-3-6-20-52)35(10-4-7-21-53)44(45(36)47)37-28-34(13-15-39(37)61-47)55-25-19-50-17-18-50/h2,12-15,26-28,33,35,42-45,52-53H,1,3-11,16-25,29-31H2. The average Bonchev–Trinajstić information content (AvgIpc) is 4.00. The summed E-state index contributed by atoms with van der Waals surface area (Å²) in [5, 5.41) is 24.9. The molecule has 4 aliphatic heterocycles. The Morgan fingerprint density at radius 2 is 1.84 bits per heavy atom. The van der Waals surface area contributed by atoms with Crippen molar-refractivity contribution in [2.75, 3.05) is 71.9 Å². The summed E-state index contributed by atoms with van der Waals surface area (Å²) in [5.74, 6) is 0.702. The summed E-state index contributed by atoms with van der Waals surface area (Å²) in [7, 11) is 0. The zero-order chi connectivity index (χ0) is 42.9. The molecule has 7 atom stereocenters. The molecule has 15 heteroatoms. The smallest absolute Gasteiger partial charge is 0.410 e. The molecule has 2 saturated heterocycles. The predicted molar refractivity (Wildman–Crippen MR) is 232 cm³/mol. The van der Waals surface area contributed by atoms with Gasteiger partial charge in [0.25, 0.3) is 0 Å². The van der Waals surface area contributed by atoms with Gasteiger partial charge in [0, 0.05) is 63.7 Å². The summed E-state index contributed by atoms with van der Waals surface area (Å²) >= 11 is 6.13. The van der Waals surface area contributed by atoms with Crippen LogP contribution in [0.5, 0.6) is 23.0 Å². The predicted octanol–water partition coefficient (Wildman–Crippen LogP) is 7.15. The second-order valence-corrected chi connectivity index (χ2v) is 17.4. The molecule has 6 aliphatic rings. The fourth-order valence-electron chi connectivity index (χ4n) is 9.99. The zero-order valence-corrected chi connectivity index (χ0v) is 36.4. The van der Waals surface area contributed by atoms with E-state index in [1.807, 2.05) is 30.3 Å². The van der Waals surface area contributed by atoms with Crippen LogP contribution < -0.4 is 18.9 Å². The van der Waals surface area contributed by atoms with Crippen molar-refractivity contribution < 1.29 is 53.0 Å². The van der Waals surface area contributed by atoms with Crippen LogP contribution in [0.1, 0.15) is 81.3 Å². The third kappa shape index (κ3) is 10.0. The number of allylic oxidation sites excluding steroid dienone is 1. The fraction of sp³-hybridized carbons (Fsp3) is 0.617. The van der Waals surface area contributed by atoms with Gasteiger partial charge < -0.3 is 48.2 Å². The number of carbonyl (C=O) groups excluding carboxylic acids is 1. The number of aliphatic hydroxyl groups excluding tert-OH is 2. The second kappa shape index (κ2) is 21.1. The van der Waals surface area contributed by atoms with Gasteiger partial charge >= 0.3 is 6.09 Å². The number of halogens is 1. The minimum atomic E-state index is -1.47. The molecule has 8 rings (SSSR count). The van der Waals surface area contributed by atoms with Gasteiger partial charge in [0.1, 0.15) is 30.8 Å². The Balaban J connectivity index is 1.30. The lowest BCUT2D eigenvalue weighted by Crippen LogP contribution is -2.70. The van der Waals surface area contributed by atoms with Crippen molar-refractivity contribution in [3.05, 3.63) is 71.8 Å². The van der Waals surface area contributed by atoms with Crippen LogP contribution in [0.15, 0.2) is 65.9 Å². The van der Waals surface area contributed by atoms with Crippen LogP contribution in [-0.2, 0) is 25.6 Å². The van der Waals surface area contributed by atoms with E-state index in [9.17, 15) is 15.0 Å². The van der Waals surface area contributed by atoms with Gasteiger partial charge in [-0.25, -0.2) is 4.79 Å². The maximum atomic E-state index is 14.7. The number of oxime groups is 1. The largest absolute Gasteiger partial charge is 0.492 e. The van der Waals surface area contributed by atoms with Gasteiger partial charge in [-0.05, 0) is 91.8 Å². The molecule has 62 heavy (non-hydrogen) atoms. The van der Waals surface area contributed by atoms with Crippen molar-refractivity contribution in [2.45, 2.75) is 94.8 Å². The van der Waals surface area contributed by atoms with Crippen molar-refractivity contribution in [3.63, 3.8) is 0 Å². The normalized spacial score (nSPS) is 27.7. The van der Waals surface area contributed by atoms with E-state index >= 15 is 0 Å². The molecule has 2 aliphatic carbocycles. The maximum absolute atomic E-state index is 14.7. The molecule has 7 unspecified atom stereocenters. The summed E-state index contributed by atoms with van der Waals surface area (Å²) in [6.07, 6.45) is 10.4. The molecular formula is C47H62ClN3O11. The number of hydrogen-bond donors (Lipinski definition) is 2. The summed E-state index contributed by atoms with van der Waals surface area (Å²) in [5.41, 5.74) is 3.40. The van der Waals surface area contributed by atoms with Gasteiger partial charge in [0.15, 0.2) is 11.5 Å². The Labute approximate surface area is 369 Å². The highest BCUT2D eigenvalue weighted by atomic mass is 35.5. The Bertz CT molecular complexity index is 1900. The monoisotopic (exact) mass is 879 g/mol. The lowest BCUT2D eigenvalue weighted by atomic mass is 9.55. The molecule has 0 spiro atoms. The Kier molecular flexibility index (Phi) is 15.2. The van der Waals surface area contributed by atoms with E-state index in [-0.39, 0.29) is 69.8 Å². The van der Waals surface area contributed by atoms with E-state index in [4.69, 9.17) is 54.8 Å². The van der Waals surface area contributed by atoms with E-state index in [1.165, 1.54) is 0 Å². The number of benzene rings is 2. The number of amides is 1. The van der Waals surface area contributed by atoms with Gasteiger partial charge in [-0.3, -0.25) is 9.80 Å². The Morgan fingerprint density at radius 3 is 2.61 bits per heavy atom. The lowest BCUT2D eigenvalue weighted by Gasteiger charge is -2.60. The zero-order valence-electron chi connectivity index (χ0n) is 35.6. The minimum absolute atomic E-state index is 0.00176. The fourth-order valence-corrected chi connectivity index (χ4v) is 10.1. The molecular weight excluding hydrogens is 818 g/mol. The molecule has 2 N–H and O–H groups in total. The van der Waals surface area contributed by atoms with Crippen LogP contribution in [0.2, 0.25) is 0 Å². The molecule has 1 amide bonds. The first-order valence-electron chi connectivity index (χ1n) is 22.5. The summed E-state index contributed by atoms with van der Waals surface area (Å²) in [6, 6.07) is 10.9. The number of carbonyl (C=O) groups is 1. The quantitative estimate of drug-likeness (QED) is 0.0407. The molecule has 1 saturated carbocycles. The third-order valence-corrected chi connectivity index (χ3v) is 13.1. The van der Waals surface area contributed by atoms with Gasteiger partial charge in [-0.15, -0.1) is 18.2 Å². The molecule has 0 bridgehead atoms. The number of rotatable bonds is 22. The third-order valence-electron chi connectivity index (χ3n) is 13.0. The van der Waals surface area contributed by atoms with E-state index in [2.05, 4.69) is 23.6 Å². The molecule has 14 nitrogen and oxygen atoms in total. The number of alkyl halides is 1.